The fourth-order valence-electron chi connectivity index (χ4n) is 11.6. The molecule has 0 radical (unpaired) electrons. The molecular weight excluding hydrogens is 835 g/mol. The van der Waals surface area contributed by atoms with Crippen LogP contribution in [0.3, 0.4) is 0 Å². The lowest BCUT2D eigenvalue weighted by molar-refractivity contribution is 1.18. The lowest BCUT2D eigenvalue weighted by Gasteiger charge is -2.11. The van der Waals surface area contributed by atoms with Crippen molar-refractivity contribution in [3.8, 4) is 55.9 Å². The van der Waals surface area contributed by atoms with Crippen LogP contribution in [0, 0.1) is 0 Å². The summed E-state index contributed by atoms with van der Waals surface area (Å²) >= 11 is 0. The predicted molar refractivity (Wildman–Crippen MR) is 292 cm³/mol. The van der Waals surface area contributed by atoms with E-state index in [-0.39, 0.29) is 0 Å². The number of fused-ring (bicyclic) bond motifs is 12. The number of para-hydroxylation sites is 4. The van der Waals surface area contributed by atoms with Gasteiger partial charge in [-0.05, 0) is 129 Å². The molecule has 11 aromatic carbocycles. The van der Waals surface area contributed by atoms with E-state index in [1.54, 1.807) is 0 Å². The number of rotatable bonds is 6. The summed E-state index contributed by atoms with van der Waals surface area (Å²) in [6, 6.07) is 91.6. The van der Waals surface area contributed by atoms with Gasteiger partial charge < -0.3 is 13.5 Å². The van der Waals surface area contributed by atoms with Gasteiger partial charge in [0, 0.05) is 54.5 Å². The molecular formula is C66H41N3. The minimum absolute atomic E-state index is 1.15. The Kier molecular flexibility index (Phi) is 8.07. The standard InChI is InChI=1S/C66H41N3/c1-2-12-42(13-3-1)43-22-24-44(25-23-43)45-26-32-50(33-27-45)67-60-18-8-4-14-52(60)56-38-47(30-36-64(56)67)48-31-37-65-57(39-48)53-15-5-9-19-61(53)68(65)51-34-28-46(29-35-51)49-40-58-54-16-6-10-20-62(54)69-63-21-11-7-17-55(63)59(41-49)66(58)69/h1-41H. The molecule has 0 fully saturated rings. The molecule has 0 saturated carbocycles. The first kappa shape index (κ1) is 38.0. The Balaban J connectivity index is 0.789. The second kappa shape index (κ2) is 14.7. The van der Waals surface area contributed by atoms with Crippen LogP contribution in [0.2, 0.25) is 0 Å². The maximum Gasteiger partial charge on any atom is 0.0620 e. The Morgan fingerprint density at radius 2 is 0.493 bits per heavy atom. The molecule has 0 aliphatic carbocycles. The summed E-state index contributed by atoms with van der Waals surface area (Å²) in [7, 11) is 0. The van der Waals surface area contributed by atoms with E-state index in [1.807, 2.05) is 0 Å². The van der Waals surface area contributed by atoms with Gasteiger partial charge in [0.25, 0.3) is 0 Å². The SMILES string of the molecule is c1ccc(-c2ccc(-c3ccc(-n4c5ccccc5c5cc(-c6ccc7c(c6)c6ccccc6n7-c6ccc(-c7cc8c9ccccc9n9c%10ccccc%10c(c7)c89)cc6)ccc54)cc3)cc2)cc1. The van der Waals surface area contributed by atoms with Gasteiger partial charge in [-0.1, -0.05) is 164 Å². The highest BCUT2D eigenvalue weighted by Crippen LogP contribution is 2.43. The van der Waals surface area contributed by atoms with Gasteiger partial charge in [-0.2, -0.15) is 0 Å². The number of aromatic nitrogens is 3. The zero-order valence-corrected chi connectivity index (χ0v) is 37.5. The van der Waals surface area contributed by atoms with Crippen LogP contribution in [0.25, 0.3) is 138 Å². The van der Waals surface area contributed by atoms with Crippen LogP contribution in [0.1, 0.15) is 0 Å². The highest BCUT2D eigenvalue weighted by atomic mass is 15.0. The molecule has 0 spiro atoms. The quantitative estimate of drug-likeness (QED) is 0.158. The van der Waals surface area contributed by atoms with Crippen molar-refractivity contribution in [1.29, 1.82) is 0 Å². The zero-order chi connectivity index (χ0) is 45.2. The topological polar surface area (TPSA) is 14.3 Å². The molecule has 3 heteroatoms. The van der Waals surface area contributed by atoms with Crippen LogP contribution in [0.5, 0.6) is 0 Å². The van der Waals surface area contributed by atoms with Gasteiger partial charge in [-0.25, -0.2) is 0 Å². The summed E-state index contributed by atoms with van der Waals surface area (Å²) in [6.45, 7) is 0. The molecule has 0 unspecified atom stereocenters. The minimum Gasteiger partial charge on any atom is -0.309 e. The van der Waals surface area contributed by atoms with Crippen LogP contribution < -0.4 is 0 Å². The van der Waals surface area contributed by atoms with E-state index >= 15 is 0 Å². The van der Waals surface area contributed by atoms with E-state index in [0.29, 0.717) is 0 Å². The molecule has 0 atom stereocenters. The van der Waals surface area contributed by atoms with Crippen molar-refractivity contribution in [2.75, 3.05) is 0 Å². The van der Waals surface area contributed by atoms with Crippen LogP contribution in [0.15, 0.2) is 249 Å². The van der Waals surface area contributed by atoms with Crippen LogP contribution >= 0.6 is 0 Å². The first-order valence-corrected chi connectivity index (χ1v) is 23.8. The molecule has 0 aliphatic rings. The Morgan fingerprint density at radius 3 is 0.942 bits per heavy atom. The van der Waals surface area contributed by atoms with Crippen molar-refractivity contribution in [2.24, 2.45) is 0 Å². The van der Waals surface area contributed by atoms with Crippen molar-refractivity contribution in [3.63, 3.8) is 0 Å². The Hall–Kier alpha value is -9.18. The van der Waals surface area contributed by atoms with Gasteiger partial charge in [-0.3, -0.25) is 0 Å². The summed E-state index contributed by atoms with van der Waals surface area (Å²) in [5.41, 5.74) is 20.6. The van der Waals surface area contributed by atoms with E-state index in [0.717, 1.165) is 11.4 Å². The Bertz CT molecular complexity index is 4410. The van der Waals surface area contributed by atoms with Gasteiger partial charge >= 0.3 is 0 Å². The third kappa shape index (κ3) is 5.68. The van der Waals surface area contributed by atoms with E-state index in [4.69, 9.17) is 0 Å². The summed E-state index contributed by atoms with van der Waals surface area (Å²) < 4.78 is 7.28. The molecule has 0 aliphatic heterocycles. The molecule has 69 heavy (non-hydrogen) atoms. The van der Waals surface area contributed by atoms with E-state index in [2.05, 4.69) is 262 Å². The van der Waals surface area contributed by atoms with Crippen molar-refractivity contribution < 1.29 is 0 Å². The summed E-state index contributed by atoms with van der Waals surface area (Å²) in [5.74, 6) is 0. The maximum absolute atomic E-state index is 2.45. The number of hydrogen-bond donors (Lipinski definition) is 0. The molecule has 15 aromatic rings. The van der Waals surface area contributed by atoms with E-state index < -0.39 is 0 Å². The fraction of sp³-hybridized carbons (Fsp3) is 0. The van der Waals surface area contributed by atoms with Crippen molar-refractivity contribution in [2.45, 2.75) is 0 Å². The highest BCUT2D eigenvalue weighted by molar-refractivity contribution is 6.24. The van der Waals surface area contributed by atoms with Crippen molar-refractivity contribution in [3.05, 3.63) is 249 Å². The summed E-state index contributed by atoms with van der Waals surface area (Å²) in [4.78, 5) is 0. The molecule has 15 rings (SSSR count). The summed E-state index contributed by atoms with van der Waals surface area (Å²) in [5, 5.41) is 10.2. The van der Waals surface area contributed by atoms with Crippen LogP contribution in [-0.4, -0.2) is 13.5 Å². The van der Waals surface area contributed by atoms with Gasteiger partial charge in [-0.15, -0.1) is 0 Å². The molecule has 0 saturated heterocycles. The molecule has 0 amide bonds. The van der Waals surface area contributed by atoms with Crippen molar-refractivity contribution in [1.82, 2.24) is 13.5 Å². The average Bonchev–Trinajstić information content (AvgIpc) is 4.15. The van der Waals surface area contributed by atoms with E-state index in [1.165, 1.54) is 126 Å². The Morgan fingerprint density at radius 1 is 0.188 bits per heavy atom. The number of nitrogens with zero attached hydrogens (tertiary/aromatic N) is 3. The molecule has 320 valence electrons. The molecule has 4 aromatic heterocycles. The molecule has 3 nitrogen and oxygen atoms in total. The largest absolute Gasteiger partial charge is 0.309 e. The summed E-state index contributed by atoms with van der Waals surface area (Å²) in [6.07, 6.45) is 0. The first-order valence-electron chi connectivity index (χ1n) is 23.8. The second-order valence-electron chi connectivity index (χ2n) is 18.5. The smallest absolute Gasteiger partial charge is 0.0620 e. The number of hydrogen-bond acceptors (Lipinski definition) is 0. The first-order chi connectivity index (χ1) is 34.2. The predicted octanol–water partition coefficient (Wildman–Crippen LogP) is 17.7. The van der Waals surface area contributed by atoms with Crippen molar-refractivity contribution >= 4 is 81.7 Å². The normalized spacial score (nSPS) is 12.1. The lowest BCUT2D eigenvalue weighted by Crippen LogP contribution is -1.94. The lowest BCUT2D eigenvalue weighted by atomic mass is 9.99. The number of benzene rings is 11. The third-order valence-corrected chi connectivity index (χ3v) is 14.8. The average molecular weight is 876 g/mol. The van der Waals surface area contributed by atoms with Gasteiger partial charge in [0.15, 0.2) is 0 Å². The maximum atomic E-state index is 2.45. The third-order valence-electron chi connectivity index (χ3n) is 14.8. The highest BCUT2D eigenvalue weighted by Gasteiger charge is 2.20. The van der Waals surface area contributed by atoms with Gasteiger partial charge in [0.1, 0.15) is 0 Å². The van der Waals surface area contributed by atoms with Gasteiger partial charge in [0.2, 0.25) is 0 Å². The van der Waals surface area contributed by atoms with Gasteiger partial charge in [0.05, 0.1) is 38.6 Å². The monoisotopic (exact) mass is 875 g/mol. The minimum atomic E-state index is 1.15. The van der Waals surface area contributed by atoms with Crippen LogP contribution in [-0.2, 0) is 0 Å². The second-order valence-corrected chi connectivity index (χ2v) is 18.5. The molecule has 0 bridgehead atoms. The zero-order valence-electron chi connectivity index (χ0n) is 37.5. The Labute approximate surface area is 397 Å². The molecule has 0 N–H and O–H groups in total. The fourth-order valence-corrected chi connectivity index (χ4v) is 11.6. The molecule has 4 heterocycles. The van der Waals surface area contributed by atoms with Crippen LogP contribution in [0.4, 0.5) is 0 Å². The van der Waals surface area contributed by atoms with E-state index in [9.17, 15) is 0 Å².